The lowest BCUT2D eigenvalue weighted by Crippen LogP contribution is -2.58. The molecule has 1 aromatic rings. The number of piperazine rings is 1. The first-order valence-electron chi connectivity index (χ1n) is 10.4. The van der Waals surface area contributed by atoms with Gasteiger partial charge in [0.2, 0.25) is 11.8 Å². The van der Waals surface area contributed by atoms with Crippen LogP contribution in [0.15, 0.2) is 24.3 Å². The Labute approximate surface area is 173 Å². The van der Waals surface area contributed by atoms with Crippen molar-refractivity contribution in [1.29, 1.82) is 0 Å². The lowest BCUT2D eigenvalue weighted by molar-refractivity contribution is -0.151. The summed E-state index contributed by atoms with van der Waals surface area (Å²) < 4.78 is 11.1. The fourth-order valence-corrected chi connectivity index (χ4v) is 5.71. The fourth-order valence-electron chi connectivity index (χ4n) is 5.71. The third-order valence-electron chi connectivity index (χ3n) is 7.12. The zero-order valence-corrected chi connectivity index (χ0v) is 16.8. The van der Waals surface area contributed by atoms with Crippen LogP contribution >= 0.6 is 0 Å². The summed E-state index contributed by atoms with van der Waals surface area (Å²) in [5, 5.41) is 2.72. The van der Waals surface area contributed by atoms with E-state index in [1.165, 1.54) is 12.0 Å². The molecule has 0 radical (unpaired) electrons. The summed E-state index contributed by atoms with van der Waals surface area (Å²) >= 11 is 0. The van der Waals surface area contributed by atoms with Gasteiger partial charge in [0.25, 0.3) is 0 Å². The van der Waals surface area contributed by atoms with E-state index in [1.807, 2.05) is 18.2 Å². The molecular formula is C22H24N2O6. The number of methoxy groups -OCH3 is 1. The number of ketones is 1. The fraction of sp³-hybridized carbons (Fsp3) is 0.545. The van der Waals surface area contributed by atoms with Crippen molar-refractivity contribution in [3.8, 4) is 5.75 Å². The number of hydrogen-bond acceptors (Lipinski definition) is 6. The van der Waals surface area contributed by atoms with Gasteiger partial charge in [-0.05, 0) is 30.9 Å². The highest BCUT2D eigenvalue weighted by Gasteiger charge is 2.71. The van der Waals surface area contributed by atoms with Crippen molar-refractivity contribution < 1.29 is 28.7 Å². The molecule has 2 saturated carbocycles. The molecule has 3 fully saturated rings. The van der Waals surface area contributed by atoms with E-state index >= 15 is 0 Å². The van der Waals surface area contributed by atoms with Gasteiger partial charge in [-0.2, -0.15) is 0 Å². The minimum Gasteiger partial charge on any atom is -0.486 e. The SMILES string of the molecule is COC(=O)CC1C(=O)NCCN1C(=O)C1C2CCC3(CC(=O)c4ccccc4O3)C21. The van der Waals surface area contributed by atoms with E-state index in [-0.39, 0.29) is 48.2 Å². The summed E-state index contributed by atoms with van der Waals surface area (Å²) in [6, 6.07) is 6.39. The van der Waals surface area contributed by atoms with Gasteiger partial charge in [0.15, 0.2) is 5.78 Å². The van der Waals surface area contributed by atoms with E-state index in [0.29, 0.717) is 24.4 Å². The number of Topliss-reactive ketones (excluding diaryl/α,β-unsaturated/α-hetero) is 1. The predicted octanol–water partition coefficient (Wildman–Crippen LogP) is 0.937. The Morgan fingerprint density at radius 2 is 2.10 bits per heavy atom. The Hall–Kier alpha value is -2.90. The molecule has 8 heteroatoms. The number of carbonyl (C=O) groups excluding carboxylic acids is 4. The van der Waals surface area contributed by atoms with Crippen molar-refractivity contribution in [3.63, 3.8) is 0 Å². The number of amides is 2. The molecule has 2 aliphatic carbocycles. The van der Waals surface area contributed by atoms with Gasteiger partial charge in [0.1, 0.15) is 17.4 Å². The zero-order valence-electron chi connectivity index (χ0n) is 16.8. The van der Waals surface area contributed by atoms with E-state index in [4.69, 9.17) is 9.47 Å². The summed E-state index contributed by atoms with van der Waals surface area (Å²) in [4.78, 5) is 51.8. The summed E-state index contributed by atoms with van der Waals surface area (Å²) in [6.45, 7) is 0.718. The van der Waals surface area contributed by atoms with Crippen LogP contribution in [0.2, 0.25) is 0 Å². The summed E-state index contributed by atoms with van der Waals surface area (Å²) in [7, 11) is 1.26. The Morgan fingerprint density at radius 1 is 1.30 bits per heavy atom. The quantitative estimate of drug-likeness (QED) is 0.742. The minimum absolute atomic E-state index is 0.0360. The van der Waals surface area contributed by atoms with Crippen LogP contribution in [0.1, 0.15) is 36.0 Å². The Bertz CT molecular complexity index is 945. The Morgan fingerprint density at radius 3 is 2.90 bits per heavy atom. The summed E-state index contributed by atoms with van der Waals surface area (Å²) in [5.41, 5.74) is -0.0484. The number of benzene rings is 1. The van der Waals surface area contributed by atoms with Gasteiger partial charge in [0, 0.05) is 24.9 Å². The predicted molar refractivity (Wildman–Crippen MR) is 104 cm³/mol. The topological polar surface area (TPSA) is 102 Å². The number of carbonyl (C=O) groups is 4. The maximum atomic E-state index is 13.4. The van der Waals surface area contributed by atoms with Crippen LogP contribution in [0.5, 0.6) is 5.75 Å². The molecule has 0 aromatic heterocycles. The highest BCUT2D eigenvalue weighted by molar-refractivity contribution is 6.01. The van der Waals surface area contributed by atoms with Gasteiger partial charge in [0.05, 0.1) is 25.5 Å². The van der Waals surface area contributed by atoms with Crippen molar-refractivity contribution in [2.45, 2.75) is 37.3 Å². The van der Waals surface area contributed by atoms with Gasteiger partial charge in [-0.1, -0.05) is 12.1 Å². The van der Waals surface area contributed by atoms with Crippen LogP contribution in [-0.2, 0) is 19.1 Å². The first-order chi connectivity index (χ1) is 14.4. The second-order valence-electron chi connectivity index (χ2n) is 8.64. The van der Waals surface area contributed by atoms with Crippen LogP contribution in [0.3, 0.4) is 0 Å². The molecule has 1 saturated heterocycles. The van der Waals surface area contributed by atoms with E-state index in [0.717, 1.165) is 12.8 Å². The third kappa shape index (κ3) is 2.80. The van der Waals surface area contributed by atoms with E-state index in [1.54, 1.807) is 6.07 Å². The molecule has 0 bridgehead atoms. The molecule has 5 atom stereocenters. The molecule has 30 heavy (non-hydrogen) atoms. The molecule has 1 N–H and O–H groups in total. The average Bonchev–Trinajstić information content (AvgIpc) is 3.39. The van der Waals surface area contributed by atoms with Gasteiger partial charge in [-0.15, -0.1) is 0 Å². The number of nitrogens with zero attached hydrogens (tertiary/aromatic N) is 1. The van der Waals surface area contributed by atoms with Crippen LogP contribution < -0.4 is 10.1 Å². The number of hydrogen-bond donors (Lipinski definition) is 1. The molecule has 158 valence electrons. The lowest BCUT2D eigenvalue weighted by atomic mass is 9.84. The van der Waals surface area contributed by atoms with Crippen molar-refractivity contribution in [1.82, 2.24) is 10.2 Å². The number of rotatable bonds is 3. The Balaban J connectivity index is 1.37. The first-order valence-corrected chi connectivity index (χ1v) is 10.4. The van der Waals surface area contributed by atoms with Gasteiger partial charge >= 0.3 is 5.97 Å². The highest BCUT2D eigenvalue weighted by Crippen LogP contribution is 2.66. The lowest BCUT2D eigenvalue weighted by Gasteiger charge is -2.38. The number of para-hydroxylation sites is 1. The smallest absolute Gasteiger partial charge is 0.308 e. The molecule has 1 aromatic carbocycles. The molecule has 2 aliphatic heterocycles. The molecule has 2 amide bonds. The molecule has 2 heterocycles. The third-order valence-corrected chi connectivity index (χ3v) is 7.12. The summed E-state index contributed by atoms with van der Waals surface area (Å²) in [6.07, 6.45) is 1.68. The number of ether oxygens (including phenoxy) is 2. The molecule has 5 unspecified atom stereocenters. The number of fused-ring (bicyclic) bond motifs is 3. The second-order valence-corrected chi connectivity index (χ2v) is 8.64. The van der Waals surface area contributed by atoms with Crippen LogP contribution in [-0.4, -0.2) is 60.3 Å². The van der Waals surface area contributed by atoms with Crippen LogP contribution in [0.25, 0.3) is 0 Å². The standard InChI is InChI=1S/C22H24N2O6/c1-29-17(26)10-14-20(27)23-8-9-24(14)21(28)18-13-6-7-22(19(13)18)11-15(25)12-4-2-3-5-16(12)30-22/h2-5,13-14,18-19H,6-11H2,1H3,(H,23,27). The molecule has 5 rings (SSSR count). The first kappa shape index (κ1) is 19.1. The summed E-state index contributed by atoms with van der Waals surface area (Å²) in [5.74, 6) is -0.500. The van der Waals surface area contributed by atoms with Crippen LogP contribution in [0, 0.1) is 17.8 Å². The second kappa shape index (κ2) is 6.82. The number of nitrogens with one attached hydrogen (secondary N) is 1. The average molecular weight is 412 g/mol. The van der Waals surface area contributed by atoms with E-state index < -0.39 is 17.6 Å². The molecule has 4 aliphatic rings. The minimum atomic E-state index is -0.856. The largest absolute Gasteiger partial charge is 0.486 e. The zero-order chi connectivity index (χ0) is 21.0. The van der Waals surface area contributed by atoms with Crippen LogP contribution in [0.4, 0.5) is 0 Å². The molecule has 8 nitrogen and oxygen atoms in total. The van der Waals surface area contributed by atoms with Crippen molar-refractivity contribution in [2.75, 3.05) is 20.2 Å². The van der Waals surface area contributed by atoms with E-state index in [9.17, 15) is 19.2 Å². The maximum absolute atomic E-state index is 13.4. The van der Waals surface area contributed by atoms with E-state index in [2.05, 4.69) is 5.32 Å². The van der Waals surface area contributed by atoms with Crippen molar-refractivity contribution >= 4 is 23.6 Å². The molecule has 1 spiro atoms. The van der Waals surface area contributed by atoms with Gasteiger partial charge in [-0.3, -0.25) is 19.2 Å². The van der Waals surface area contributed by atoms with Gasteiger partial charge < -0.3 is 19.7 Å². The maximum Gasteiger partial charge on any atom is 0.308 e. The van der Waals surface area contributed by atoms with Gasteiger partial charge in [-0.25, -0.2) is 0 Å². The monoisotopic (exact) mass is 412 g/mol. The van der Waals surface area contributed by atoms with Crippen molar-refractivity contribution in [2.24, 2.45) is 17.8 Å². The molecular weight excluding hydrogens is 388 g/mol. The normalized spacial score (nSPS) is 34.0. The van der Waals surface area contributed by atoms with Crippen molar-refractivity contribution in [3.05, 3.63) is 29.8 Å². The highest BCUT2D eigenvalue weighted by atomic mass is 16.5. The Kier molecular flexibility index (Phi) is 4.34. The number of esters is 1.